The quantitative estimate of drug-likeness (QED) is 0.857. The first-order valence-corrected chi connectivity index (χ1v) is 7.21. The van der Waals surface area contributed by atoms with E-state index >= 15 is 0 Å². The van der Waals surface area contributed by atoms with Crippen LogP contribution in [-0.2, 0) is 14.3 Å². The molecular formula is C16H23N3O4. The Morgan fingerprint density at radius 3 is 2.30 bits per heavy atom. The summed E-state index contributed by atoms with van der Waals surface area (Å²) in [6, 6.07) is 5.10. The van der Waals surface area contributed by atoms with Crippen LogP contribution in [0.4, 0.5) is 10.5 Å². The summed E-state index contributed by atoms with van der Waals surface area (Å²) < 4.78 is 4.37. The van der Waals surface area contributed by atoms with Crippen molar-refractivity contribution in [2.45, 2.75) is 26.8 Å². The molecule has 1 rings (SSSR count). The molecule has 7 heteroatoms. The summed E-state index contributed by atoms with van der Waals surface area (Å²) in [7, 11) is 2.81. The highest BCUT2D eigenvalue weighted by atomic mass is 16.5. The van der Waals surface area contributed by atoms with Crippen molar-refractivity contribution in [3.63, 3.8) is 0 Å². The van der Waals surface area contributed by atoms with Crippen molar-refractivity contribution >= 4 is 23.6 Å². The minimum atomic E-state index is -0.824. The number of hydrogen-bond donors (Lipinski definition) is 2. The molecule has 0 saturated heterocycles. The number of imide groups is 1. The molecule has 23 heavy (non-hydrogen) atoms. The number of amides is 3. The molecule has 126 valence electrons. The number of para-hydroxylation sites is 1. The highest BCUT2D eigenvalue weighted by Crippen LogP contribution is 2.19. The van der Waals surface area contributed by atoms with Gasteiger partial charge in [0.1, 0.15) is 0 Å². The minimum Gasteiger partial charge on any atom is -0.453 e. The molecule has 0 bridgehead atoms. The van der Waals surface area contributed by atoms with Crippen LogP contribution < -0.4 is 10.6 Å². The molecule has 0 unspecified atom stereocenters. The second-order valence-corrected chi connectivity index (χ2v) is 5.39. The van der Waals surface area contributed by atoms with Gasteiger partial charge < -0.3 is 10.1 Å². The Balaban J connectivity index is 2.63. The van der Waals surface area contributed by atoms with Crippen molar-refractivity contribution in [3.05, 3.63) is 29.3 Å². The van der Waals surface area contributed by atoms with Crippen molar-refractivity contribution < 1.29 is 19.1 Å². The fraction of sp³-hybridized carbons (Fsp3) is 0.438. The third-order valence-corrected chi connectivity index (χ3v) is 3.59. The van der Waals surface area contributed by atoms with Crippen molar-refractivity contribution in [2.75, 3.05) is 26.0 Å². The Kier molecular flexibility index (Phi) is 6.71. The highest BCUT2D eigenvalue weighted by Gasteiger charge is 2.22. The highest BCUT2D eigenvalue weighted by molar-refractivity contribution is 5.96. The van der Waals surface area contributed by atoms with E-state index in [1.54, 1.807) is 18.9 Å². The number of alkyl carbamates (subject to hydrolysis) is 1. The number of likely N-dealkylation sites (N-methyl/N-ethyl adjacent to an activating group) is 1. The number of anilines is 1. The number of ether oxygens (including phenoxy) is 1. The molecule has 0 radical (unpaired) electrons. The van der Waals surface area contributed by atoms with Gasteiger partial charge in [-0.2, -0.15) is 0 Å². The normalized spacial score (nSPS) is 11.7. The monoisotopic (exact) mass is 321 g/mol. The van der Waals surface area contributed by atoms with Crippen LogP contribution in [0.25, 0.3) is 0 Å². The first-order valence-electron chi connectivity index (χ1n) is 7.21. The van der Waals surface area contributed by atoms with E-state index in [0.717, 1.165) is 16.8 Å². The zero-order chi connectivity index (χ0) is 17.6. The molecule has 0 aliphatic rings. The van der Waals surface area contributed by atoms with Crippen LogP contribution >= 0.6 is 0 Å². The minimum absolute atomic E-state index is 0.0174. The number of nitrogens with one attached hydrogen (secondary N) is 2. The van der Waals surface area contributed by atoms with Gasteiger partial charge in [-0.15, -0.1) is 0 Å². The lowest BCUT2D eigenvalue weighted by Crippen LogP contribution is -2.47. The number of methoxy groups -OCH3 is 1. The Morgan fingerprint density at radius 1 is 1.22 bits per heavy atom. The number of hydrogen-bond acceptors (Lipinski definition) is 5. The average molecular weight is 321 g/mol. The van der Waals surface area contributed by atoms with Crippen molar-refractivity contribution in [2.24, 2.45) is 0 Å². The lowest BCUT2D eigenvalue weighted by Gasteiger charge is -2.23. The molecule has 0 aliphatic heterocycles. The van der Waals surface area contributed by atoms with Gasteiger partial charge in [-0.3, -0.25) is 19.8 Å². The maximum absolute atomic E-state index is 12.2. The Hall–Kier alpha value is -2.41. The summed E-state index contributed by atoms with van der Waals surface area (Å²) in [6.07, 6.45) is -0.824. The van der Waals surface area contributed by atoms with E-state index in [4.69, 9.17) is 0 Å². The fourth-order valence-corrected chi connectivity index (χ4v) is 2.01. The zero-order valence-corrected chi connectivity index (χ0v) is 14.1. The topological polar surface area (TPSA) is 87.7 Å². The van der Waals surface area contributed by atoms with Crippen LogP contribution in [-0.4, -0.2) is 49.6 Å². The van der Waals surface area contributed by atoms with E-state index < -0.39 is 18.0 Å². The molecule has 0 aliphatic carbocycles. The number of benzene rings is 1. The van der Waals surface area contributed by atoms with Gasteiger partial charge in [0.2, 0.25) is 11.8 Å². The molecule has 0 fully saturated rings. The number of carbonyl (C=O) groups is 3. The predicted octanol–water partition coefficient (Wildman–Crippen LogP) is 1.44. The largest absolute Gasteiger partial charge is 0.453 e. The molecular weight excluding hydrogens is 298 g/mol. The summed E-state index contributed by atoms with van der Waals surface area (Å²) in [5, 5.41) is 4.93. The molecule has 0 spiro atoms. The smallest absolute Gasteiger partial charge is 0.413 e. The predicted molar refractivity (Wildman–Crippen MR) is 87.2 cm³/mol. The summed E-state index contributed by atoms with van der Waals surface area (Å²) in [4.78, 5) is 36.6. The van der Waals surface area contributed by atoms with E-state index in [0.29, 0.717) is 0 Å². The first-order chi connectivity index (χ1) is 10.8. The Labute approximate surface area is 136 Å². The van der Waals surface area contributed by atoms with Gasteiger partial charge in [-0.05, 0) is 38.9 Å². The first kappa shape index (κ1) is 18.6. The second kappa shape index (κ2) is 8.28. The van der Waals surface area contributed by atoms with E-state index in [1.807, 2.05) is 32.0 Å². The SMILES string of the molecule is COC(=O)NC(=O)[C@@H](C)N(C)CC(=O)Nc1c(C)cccc1C. The van der Waals surface area contributed by atoms with Gasteiger partial charge in [-0.25, -0.2) is 4.79 Å². The molecule has 0 aromatic heterocycles. The average Bonchev–Trinajstić information content (AvgIpc) is 2.49. The molecule has 1 aromatic carbocycles. The number of rotatable bonds is 5. The van der Waals surface area contributed by atoms with Crippen LogP contribution in [0.2, 0.25) is 0 Å². The van der Waals surface area contributed by atoms with Crippen LogP contribution in [0.3, 0.4) is 0 Å². The van der Waals surface area contributed by atoms with Gasteiger partial charge in [0.15, 0.2) is 0 Å². The van der Waals surface area contributed by atoms with Crippen molar-refractivity contribution in [1.82, 2.24) is 10.2 Å². The van der Waals surface area contributed by atoms with Crippen LogP contribution in [0.1, 0.15) is 18.1 Å². The molecule has 1 atom stereocenters. The van der Waals surface area contributed by atoms with Gasteiger partial charge in [0.25, 0.3) is 0 Å². The van der Waals surface area contributed by atoms with Gasteiger partial charge in [0, 0.05) is 5.69 Å². The molecule has 2 N–H and O–H groups in total. The lowest BCUT2D eigenvalue weighted by atomic mass is 10.1. The van der Waals surface area contributed by atoms with Crippen molar-refractivity contribution in [3.8, 4) is 0 Å². The fourth-order valence-electron chi connectivity index (χ4n) is 2.01. The molecule has 0 heterocycles. The van der Waals surface area contributed by atoms with E-state index in [9.17, 15) is 14.4 Å². The third kappa shape index (κ3) is 5.37. The van der Waals surface area contributed by atoms with Crippen LogP contribution in [0, 0.1) is 13.8 Å². The standard InChI is InChI=1S/C16H23N3O4/c1-10-7-6-8-11(2)14(10)17-13(20)9-19(4)12(3)15(21)18-16(22)23-5/h6-8,12H,9H2,1-5H3,(H,17,20)(H,18,21,22)/t12-/m1/s1. The van der Waals surface area contributed by atoms with Crippen LogP contribution in [0.5, 0.6) is 0 Å². The zero-order valence-electron chi connectivity index (χ0n) is 14.1. The number of nitrogens with zero attached hydrogens (tertiary/aromatic N) is 1. The Morgan fingerprint density at radius 2 is 1.78 bits per heavy atom. The summed E-state index contributed by atoms with van der Waals surface area (Å²) in [5.41, 5.74) is 2.72. The van der Waals surface area contributed by atoms with E-state index in [2.05, 4.69) is 15.4 Å². The summed E-state index contributed by atoms with van der Waals surface area (Å²) in [5.74, 6) is -0.762. The number of carbonyl (C=O) groups excluding carboxylic acids is 3. The summed E-state index contributed by atoms with van der Waals surface area (Å²) in [6.45, 7) is 5.45. The number of aryl methyl sites for hydroxylation is 2. The maximum Gasteiger partial charge on any atom is 0.413 e. The van der Waals surface area contributed by atoms with Gasteiger partial charge >= 0.3 is 6.09 Å². The van der Waals surface area contributed by atoms with Gasteiger partial charge in [-0.1, -0.05) is 18.2 Å². The second-order valence-electron chi connectivity index (χ2n) is 5.39. The van der Waals surface area contributed by atoms with E-state index in [-0.39, 0.29) is 12.5 Å². The van der Waals surface area contributed by atoms with Crippen LogP contribution in [0.15, 0.2) is 18.2 Å². The molecule has 3 amide bonds. The van der Waals surface area contributed by atoms with Gasteiger partial charge in [0.05, 0.1) is 19.7 Å². The third-order valence-electron chi connectivity index (χ3n) is 3.59. The van der Waals surface area contributed by atoms with E-state index in [1.165, 1.54) is 7.11 Å². The molecule has 0 saturated carbocycles. The maximum atomic E-state index is 12.2. The molecule has 7 nitrogen and oxygen atoms in total. The Bertz CT molecular complexity index is 581. The lowest BCUT2D eigenvalue weighted by molar-refractivity contribution is -0.125. The van der Waals surface area contributed by atoms with Crippen molar-refractivity contribution in [1.29, 1.82) is 0 Å². The summed E-state index contributed by atoms with van der Waals surface area (Å²) >= 11 is 0. The molecule has 1 aromatic rings.